The van der Waals surface area contributed by atoms with Crippen LogP contribution >= 0.6 is 0 Å². The molecule has 0 radical (unpaired) electrons. The number of benzene rings is 1. The SMILES string of the molecule is CCc1cc(OC)c2ccn(C)c2c1. The largest absolute Gasteiger partial charge is 0.496 e. The minimum Gasteiger partial charge on any atom is -0.496 e. The number of hydrogen-bond donors (Lipinski definition) is 0. The Morgan fingerprint density at radius 2 is 2.14 bits per heavy atom. The molecule has 0 amide bonds. The lowest BCUT2D eigenvalue weighted by atomic mass is 10.1. The number of ether oxygens (including phenoxy) is 1. The van der Waals surface area contributed by atoms with Crippen molar-refractivity contribution in [3.05, 3.63) is 30.0 Å². The molecule has 1 aromatic heterocycles. The van der Waals surface area contributed by atoms with Gasteiger partial charge in [0.15, 0.2) is 0 Å². The van der Waals surface area contributed by atoms with Crippen LogP contribution in [0.3, 0.4) is 0 Å². The van der Waals surface area contributed by atoms with Crippen molar-refractivity contribution in [2.24, 2.45) is 7.05 Å². The highest BCUT2D eigenvalue weighted by molar-refractivity contribution is 5.87. The summed E-state index contributed by atoms with van der Waals surface area (Å²) < 4.78 is 7.49. The fourth-order valence-electron chi connectivity index (χ4n) is 1.77. The maximum Gasteiger partial charge on any atom is 0.128 e. The molecule has 1 heterocycles. The molecule has 0 atom stereocenters. The molecule has 2 nitrogen and oxygen atoms in total. The summed E-state index contributed by atoms with van der Waals surface area (Å²) in [6.07, 6.45) is 3.10. The molecule has 0 saturated heterocycles. The van der Waals surface area contributed by atoms with Crippen molar-refractivity contribution in [3.8, 4) is 5.75 Å². The van der Waals surface area contributed by atoms with E-state index in [1.165, 1.54) is 16.5 Å². The summed E-state index contributed by atoms with van der Waals surface area (Å²) in [7, 11) is 3.78. The first-order valence-electron chi connectivity index (χ1n) is 4.88. The highest BCUT2D eigenvalue weighted by Gasteiger charge is 2.05. The van der Waals surface area contributed by atoms with Gasteiger partial charge in [0.2, 0.25) is 0 Å². The van der Waals surface area contributed by atoms with E-state index in [1.807, 2.05) is 0 Å². The lowest BCUT2D eigenvalue weighted by Gasteiger charge is -2.06. The second-order valence-electron chi connectivity index (χ2n) is 3.51. The van der Waals surface area contributed by atoms with Gasteiger partial charge in [0.1, 0.15) is 5.75 Å². The van der Waals surface area contributed by atoms with Gasteiger partial charge in [-0.05, 0) is 30.2 Å². The summed E-state index contributed by atoms with van der Waals surface area (Å²) in [6.45, 7) is 2.16. The van der Waals surface area contributed by atoms with E-state index in [4.69, 9.17) is 4.74 Å². The van der Waals surface area contributed by atoms with E-state index in [1.54, 1.807) is 7.11 Å². The summed E-state index contributed by atoms with van der Waals surface area (Å²) in [5.41, 5.74) is 2.55. The first kappa shape index (κ1) is 9.13. The zero-order valence-corrected chi connectivity index (χ0v) is 8.87. The van der Waals surface area contributed by atoms with Gasteiger partial charge in [0.25, 0.3) is 0 Å². The number of rotatable bonds is 2. The van der Waals surface area contributed by atoms with E-state index >= 15 is 0 Å². The molecule has 0 aliphatic heterocycles. The molecular weight excluding hydrogens is 174 g/mol. The molecule has 2 rings (SSSR count). The van der Waals surface area contributed by atoms with Crippen LogP contribution in [-0.2, 0) is 13.5 Å². The highest BCUT2D eigenvalue weighted by atomic mass is 16.5. The summed E-state index contributed by atoms with van der Waals surface area (Å²) in [5, 5.41) is 1.19. The second-order valence-corrected chi connectivity index (χ2v) is 3.51. The fraction of sp³-hybridized carbons (Fsp3) is 0.333. The first-order chi connectivity index (χ1) is 6.76. The van der Waals surface area contributed by atoms with Gasteiger partial charge in [-0.3, -0.25) is 0 Å². The molecule has 0 aliphatic rings. The second kappa shape index (κ2) is 3.37. The maximum atomic E-state index is 5.37. The van der Waals surface area contributed by atoms with Crippen molar-refractivity contribution in [3.63, 3.8) is 0 Å². The maximum absolute atomic E-state index is 5.37. The molecule has 0 aliphatic carbocycles. The molecule has 2 aromatic rings. The third kappa shape index (κ3) is 1.27. The number of aryl methyl sites for hydroxylation is 2. The topological polar surface area (TPSA) is 14.2 Å². The Morgan fingerprint density at radius 1 is 1.36 bits per heavy atom. The van der Waals surface area contributed by atoms with Crippen LogP contribution in [0.2, 0.25) is 0 Å². The van der Waals surface area contributed by atoms with Crippen LogP contribution < -0.4 is 4.74 Å². The monoisotopic (exact) mass is 189 g/mol. The average molecular weight is 189 g/mol. The van der Waals surface area contributed by atoms with Gasteiger partial charge in [-0.25, -0.2) is 0 Å². The van der Waals surface area contributed by atoms with Gasteiger partial charge in [-0.15, -0.1) is 0 Å². The van der Waals surface area contributed by atoms with Crippen molar-refractivity contribution >= 4 is 10.9 Å². The highest BCUT2D eigenvalue weighted by Crippen LogP contribution is 2.28. The predicted molar refractivity (Wildman–Crippen MR) is 58.8 cm³/mol. The molecule has 0 unspecified atom stereocenters. The van der Waals surface area contributed by atoms with Crippen molar-refractivity contribution in [2.45, 2.75) is 13.3 Å². The van der Waals surface area contributed by atoms with Crippen LogP contribution in [0.15, 0.2) is 24.4 Å². The standard InChI is InChI=1S/C12H15NO/c1-4-9-7-11-10(5-6-13(11)2)12(8-9)14-3/h5-8H,4H2,1-3H3. The summed E-state index contributed by atoms with van der Waals surface area (Å²) in [4.78, 5) is 0. The Bertz CT molecular complexity index is 457. The minimum atomic E-state index is 0.972. The summed E-state index contributed by atoms with van der Waals surface area (Å²) in [5.74, 6) is 0.972. The van der Waals surface area contributed by atoms with Gasteiger partial charge in [0, 0.05) is 18.6 Å². The number of hydrogen-bond acceptors (Lipinski definition) is 1. The third-order valence-corrected chi connectivity index (χ3v) is 2.65. The van der Waals surface area contributed by atoms with Crippen LogP contribution in [-0.4, -0.2) is 11.7 Å². The van der Waals surface area contributed by atoms with E-state index in [-0.39, 0.29) is 0 Å². The predicted octanol–water partition coefficient (Wildman–Crippen LogP) is 2.75. The quantitative estimate of drug-likeness (QED) is 0.708. The van der Waals surface area contributed by atoms with Crippen LogP contribution in [0.25, 0.3) is 10.9 Å². The normalized spacial score (nSPS) is 10.8. The van der Waals surface area contributed by atoms with Crippen molar-refractivity contribution in [2.75, 3.05) is 7.11 Å². The number of nitrogens with zero attached hydrogens (tertiary/aromatic N) is 1. The van der Waals surface area contributed by atoms with E-state index in [9.17, 15) is 0 Å². The molecule has 0 fully saturated rings. The average Bonchev–Trinajstić information content (AvgIpc) is 2.59. The van der Waals surface area contributed by atoms with Crippen molar-refractivity contribution in [1.29, 1.82) is 0 Å². The van der Waals surface area contributed by atoms with E-state index < -0.39 is 0 Å². The number of aromatic nitrogens is 1. The van der Waals surface area contributed by atoms with E-state index in [0.29, 0.717) is 0 Å². The molecule has 14 heavy (non-hydrogen) atoms. The summed E-state index contributed by atoms with van der Waals surface area (Å²) >= 11 is 0. The van der Waals surface area contributed by atoms with E-state index in [2.05, 4.69) is 42.9 Å². The zero-order valence-electron chi connectivity index (χ0n) is 8.87. The summed E-state index contributed by atoms with van der Waals surface area (Å²) in [6, 6.07) is 6.42. The molecule has 0 N–H and O–H groups in total. The lowest BCUT2D eigenvalue weighted by Crippen LogP contribution is -1.90. The smallest absolute Gasteiger partial charge is 0.128 e. The van der Waals surface area contributed by atoms with Gasteiger partial charge in [-0.2, -0.15) is 0 Å². The van der Waals surface area contributed by atoms with Gasteiger partial charge in [0.05, 0.1) is 12.6 Å². The number of fused-ring (bicyclic) bond motifs is 1. The molecule has 2 heteroatoms. The van der Waals surface area contributed by atoms with Crippen LogP contribution in [0.4, 0.5) is 0 Å². The lowest BCUT2D eigenvalue weighted by molar-refractivity contribution is 0.419. The molecule has 74 valence electrons. The zero-order chi connectivity index (χ0) is 10.1. The molecule has 0 saturated carbocycles. The van der Waals surface area contributed by atoms with Crippen LogP contribution in [0.1, 0.15) is 12.5 Å². The fourth-order valence-corrected chi connectivity index (χ4v) is 1.77. The first-order valence-corrected chi connectivity index (χ1v) is 4.88. The number of methoxy groups -OCH3 is 1. The third-order valence-electron chi connectivity index (χ3n) is 2.65. The van der Waals surface area contributed by atoms with Crippen molar-refractivity contribution in [1.82, 2.24) is 4.57 Å². The van der Waals surface area contributed by atoms with Gasteiger partial charge >= 0.3 is 0 Å². The van der Waals surface area contributed by atoms with Crippen LogP contribution in [0, 0.1) is 0 Å². The Balaban J connectivity index is 2.76. The molecule has 0 spiro atoms. The van der Waals surface area contributed by atoms with Crippen molar-refractivity contribution < 1.29 is 4.74 Å². The Labute approximate surface area is 84.1 Å². The Kier molecular flexibility index (Phi) is 2.20. The van der Waals surface area contributed by atoms with Gasteiger partial charge in [-0.1, -0.05) is 6.92 Å². The van der Waals surface area contributed by atoms with E-state index in [0.717, 1.165) is 12.2 Å². The minimum absolute atomic E-state index is 0.972. The Hall–Kier alpha value is -1.44. The molecule has 0 bridgehead atoms. The van der Waals surface area contributed by atoms with Gasteiger partial charge < -0.3 is 9.30 Å². The molecule has 1 aromatic carbocycles. The Morgan fingerprint density at radius 3 is 2.79 bits per heavy atom. The van der Waals surface area contributed by atoms with Crippen LogP contribution in [0.5, 0.6) is 5.75 Å². The molecular formula is C12H15NO.